The number of carbonyl (C=O) groups excluding carboxylic acids is 1. The Balaban J connectivity index is 1.20. The van der Waals surface area contributed by atoms with Gasteiger partial charge in [-0.25, -0.2) is 23.1 Å². The first-order valence-corrected chi connectivity index (χ1v) is 19.8. The Morgan fingerprint density at radius 2 is 1.62 bits per heavy atom. The lowest BCUT2D eigenvalue weighted by Crippen LogP contribution is -2.37. The Bertz CT molecular complexity index is 2230. The lowest BCUT2D eigenvalue weighted by Gasteiger charge is -2.27. The van der Waals surface area contributed by atoms with Gasteiger partial charge in [-0.3, -0.25) is 9.80 Å². The molecule has 56 heavy (non-hydrogen) atoms. The third-order valence-corrected chi connectivity index (χ3v) is 11.8. The highest BCUT2D eigenvalue weighted by Gasteiger charge is 2.30. The highest BCUT2D eigenvalue weighted by atomic mass is 19.3. The minimum atomic E-state index is -2.52. The zero-order chi connectivity index (χ0) is 39.7. The van der Waals surface area contributed by atoms with Crippen molar-refractivity contribution in [3.05, 3.63) is 87.8 Å². The van der Waals surface area contributed by atoms with Crippen molar-refractivity contribution in [3.63, 3.8) is 0 Å². The van der Waals surface area contributed by atoms with E-state index < -0.39 is 25.1 Å². The number of nitrogens with zero attached hydrogens (tertiary/aromatic N) is 4. The monoisotopic (exact) mass is 768 g/mol. The van der Waals surface area contributed by atoms with E-state index in [1.54, 1.807) is 12.1 Å². The van der Waals surface area contributed by atoms with Gasteiger partial charge in [0.25, 0.3) is 0 Å². The van der Waals surface area contributed by atoms with Gasteiger partial charge in [0.15, 0.2) is 5.58 Å². The number of benzene rings is 3. The molecule has 3 heterocycles. The van der Waals surface area contributed by atoms with E-state index in [9.17, 15) is 23.1 Å². The number of alkyl halides is 3. The predicted molar refractivity (Wildman–Crippen MR) is 213 cm³/mol. The molecule has 1 aliphatic carbocycles. The smallest absolute Gasteiger partial charge is 0.242 e. The van der Waals surface area contributed by atoms with Crippen LogP contribution >= 0.6 is 0 Å². The number of carbonyl (C=O) groups is 1. The number of likely N-dealkylation sites (tertiary alicyclic amines) is 1. The third-order valence-electron chi connectivity index (χ3n) is 11.8. The predicted octanol–water partition coefficient (Wildman–Crippen LogP) is 9.55. The standard InChI is InChI=1S/C45H51F3N4O4/c1-6-41-37(19-30(28(4)46)24-52-18-10-11-32(52)25-53)49-44(55-41)35-14-7-12-33(26(35)2)34-13-8-15-36(27(34)3)45-50-38-20-31(23-51(5)39-16-9-17-40(39)54)29(22-43(47)48)21-42(38)56-45/h7-8,12-15,19-21,25,28,32,39-40,43,54H,6,9-11,16-18,22-24H2,1-5H3/b30-19-. The maximum absolute atomic E-state index is 15.0. The molecule has 1 aliphatic heterocycles. The number of hydrogen-bond acceptors (Lipinski definition) is 8. The van der Waals surface area contributed by atoms with E-state index in [0.717, 1.165) is 83.9 Å². The number of oxazole rings is 2. The van der Waals surface area contributed by atoms with E-state index >= 15 is 0 Å². The zero-order valence-corrected chi connectivity index (χ0v) is 32.8. The van der Waals surface area contributed by atoms with Crippen LogP contribution in [0, 0.1) is 13.8 Å². The van der Waals surface area contributed by atoms with Gasteiger partial charge in [-0.15, -0.1) is 0 Å². The molecule has 2 aliphatic rings. The Kier molecular flexibility index (Phi) is 11.9. The maximum atomic E-state index is 15.0. The van der Waals surface area contributed by atoms with Crippen LogP contribution in [0.3, 0.4) is 0 Å². The van der Waals surface area contributed by atoms with Crippen molar-refractivity contribution >= 4 is 23.5 Å². The molecule has 4 atom stereocenters. The molecule has 2 aromatic heterocycles. The fourth-order valence-electron chi connectivity index (χ4n) is 8.56. The Labute approximate surface area is 326 Å². The van der Waals surface area contributed by atoms with Crippen molar-refractivity contribution in [2.75, 3.05) is 20.1 Å². The molecular formula is C45H51F3N4O4. The minimum absolute atomic E-state index is 0.0116. The summed E-state index contributed by atoms with van der Waals surface area (Å²) in [7, 11) is 1.93. The van der Waals surface area contributed by atoms with Crippen LogP contribution in [0.1, 0.15) is 79.7 Å². The second-order valence-corrected chi connectivity index (χ2v) is 15.5. The van der Waals surface area contributed by atoms with Crippen molar-refractivity contribution in [2.45, 2.75) is 110 Å². The molecule has 7 rings (SSSR count). The molecule has 2 fully saturated rings. The molecule has 1 saturated heterocycles. The maximum Gasteiger partial charge on any atom is 0.242 e. The summed E-state index contributed by atoms with van der Waals surface area (Å²) in [5.41, 5.74) is 8.86. The topological polar surface area (TPSA) is 95.8 Å². The van der Waals surface area contributed by atoms with Crippen molar-refractivity contribution in [3.8, 4) is 34.0 Å². The van der Waals surface area contributed by atoms with Crippen LogP contribution in [0.4, 0.5) is 13.2 Å². The van der Waals surface area contributed by atoms with Crippen LogP contribution in [0.5, 0.6) is 0 Å². The number of likely N-dealkylation sites (N-methyl/N-ethyl adjacent to an activating group) is 1. The minimum Gasteiger partial charge on any atom is -0.441 e. The first kappa shape index (κ1) is 39.6. The number of halogens is 3. The molecule has 0 radical (unpaired) electrons. The van der Waals surface area contributed by atoms with Crippen LogP contribution in [0.2, 0.25) is 0 Å². The van der Waals surface area contributed by atoms with Gasteiger partial charge in [-0.05, 0) is 136 Å². The van der Waals surface area contributed by atoms with Gasteiger partial charge in [-0.2, -0.15) is 0 Å². The van der Waals surface area contributed by atoms with Gasteiger partial charge in [0.1, 0.15) is 29.4 Å². The molecule has 3 aromatic carbocycles. The number of hydrogen-bond donors (Lipinski definition) is 1. The molecule has 296 valence electrons. The van der Waals surface area contributed by atoms with E-state index in [4.69, 9.17) is 18.8 Å². The number of fused-ring (bicyclic) bond motifs is 1. The summed E-state index contributed by atoms with van der Waals surface area (Å²) in [4.78, 5) is 25.4. The first-order chi connectivity index (χ1) is 26.9. The molecular weight excluding hydrogens is 718 g/mol. The largest absolute Gasteiger partial charge is 0.441 e. The van der Waals surface area contributed by atoms with Crippen LogP contribution < -0.4 is 0 Å². The van der Waals surface area contributed by atoms with Crippen molar-refractivity contribution in [2.24, 2.45) is 0 Å². The lowest BCUT2D eigenvalue weighted by atomic mass is 9.91. The van der Waals surface area contributed by atoms with Crippen LogP contribution in [0.25, 0.3) is 51.2 Å². The molecule has 5 aromatic rings. The van der Waals surface area contributed by atoms with Gasteiger partial charge in [0, 0.05) is 43.1 Å². The first-order valence-electron chi connectivity index (χ1n) is 19.8. The molecule has 0 spiro atoms. The highest BCUT2D eigenvalue weighted by molar-refractivity contribution is 5.83. The number of aliphatic hydroxyl groups is 1. The van der Waals surface area contributed by atoms with Crippen molar-refractivity contribution in [1.29, 1.82) is 0 Å². The normalized spacial score (nSPS) is 19.9. The second kappa shape index (κ2) is 16.9. The van der Waals surface area contributed by atoms with E-state index in [0.29, 0.717) is 65.0 Å². The van der Waals surface area contributed by atoms with Gasteiger partial charge in [0.05, 0.1) is 12.1 Å². The van der Waals surface area contributed by atoms with Crippen molar-refractivity contribution in [1.82, 2.24) is 19.8 Å². The molecule has 0 amide bonds. The summed E-state index contributed by atoms with van der Waals surface area (Å²) in [5, 5.41) is 10.5. The van der Waals surface area contributed by atoms with Gasteiger partial charge in [0.2, 0.25) is 18.2 Å². The van der Waals surface area contributed by atoms with E-state index in [-0.39, 0.29) is 12.1 Å². The summed E-state index contributed by atoms with van der Waals surface area (Å²) in [6, 6.07) is 15.2. The molecule has 8 nitrogen and oxygen atoms in total. The zero-order valence-electron chi connectivity index (χ0n) is 32.8. The Morgan fingerprint density at radius 1 is 0.946 bits per heavy atom. The average molecular weight is 769 g/mol. The third kappa shape index (κ3) is 8.12. The van der Waals surface area contributed by atoms with Gasteiger partial charge < -0.3 is 18.7 Å². The van der Waals surface area contributed by atoms with Gasteiger partial charge in [-0.1, -0.05) is 31.2 Å². The van der Waals surface area contributed by atoms with Crippen LogP contribution in [-0.2, 0) is 24.2 Å². The SMILES string of the molecule is CCc1oc(-c2cccc(-c3cccc(-c4nc5cc(CN(C)C6CCCC6O)c(CC(F)F)cc5o4)c3C)c2C)nc1/C=C(/CN1CCCC1C=O)C(C)F. The fourth-order valence-corrected chi connectivity index (χ4v) is 8.56. The number of aliphatic hydroxyl groups excluding tert-OH is 1. The van der Waals surface area contributed by atoms with Crippen molar-refractivity contribution < 1.29 is 31.9 Å². The average Bonchev–Trinajstić information content (AvgIpc) is 3.98. The summed E-state index contributed by atoms with van der Waals surface area (Å²) < 4.78 is 55.1. The van der Waals surface area contributed by atoms with E-state index in [1.807, 2.05) is 75.2 Å². The molecule has 1 N–H and O–H groups in total. The van der Waals surface area contributed by atoms with E-state index in [2.05, 4.69) is 4.90 Å². The highest BCUT2D eigenvalue weighted by Crippen LogP contribution is 2.38. The number of rotatable bonds is 14. The number of aldehydes is 1. The summed E-state index contributed by atoms with van der Waals surface area (Å²) in [6.45, 7) is 9.07. The van der Waals surface area contributed by atoms with E-state index in [1.165, 1.54) is 6.92 Å². The van der Waals surface area contributed by atoms with Gasteiger partial charge >= 0.3 is 0 Å². The van der Waals surface area contributed by atoms with Crippen LogP contribution in [-0.4, -0.2) is 82.1 Å². The Hall–Kier alpha value is -4.58. The summed E-state index contributed by atoms with van der Waals surface area (Å²) >= 11 is 0. The lowest BCUT2D eigenvalue weighted by molar-refractivity contribution is -0.111. The number of aryl methyl sites for hydroxylation is 1. The second-order valence-electron chi connectivity index (χ2n) is 15.5. The molecule has 1 saturated carbocycles. The summed E-state index contributed by atoms with van der Waals surface area (Å²) in [6.07, 6.45) is 3.01. The Morgan fingerprint density at radius 3 is 2.23 bits per heavy atom. The number of aromatic nitrogens is 2. The van der Waals surface area contributed by atoms with Crippen LogP contribution in [0.15, 0.2) is 62.9 Å². The quantitative estimate of drug-likeness (QED) is 0.112. The fraction of sp³-hybridized carbons (Fsp3) is 0.444. The molecule has 11 heteroatoms. The molecule has 4 unspecified atom stereocenters. The molecule has 0 bridgehead atoms. The summed E-state index contributed by atoms with van der Waals surface area (Å²) in [5.74, 6) is 1.51.